The predicted molar refractivity (Wildman–Crippen MR) is 200 cm³/mol. The van der Waals surface area contributed by atoms with Crippen molar-refractivity contribution in [3.63, 3.8) is 0 Å². The van der Waals surface area contributed by atoms with Crippen LogP contribution in [0.2, 0.25) is 0 Å². The summed E-state index contributed by atoms with van der Waals surface area (Å²) >= 11 is 1.80. The molecule has 3 aromatic heterocycles. The number of oxazole rings is 1. The van der Waals surface area contributed by atoms with Gasteiger partial charge in [0, 0.05) is 59.6 Å². The van der Waals surface area contributed by atoms with E-state index in [1.165, 1.54) is 31.3 Å². The highest BCUT2D eigenvalue weighted by Gasteiger charge is 2.17. The average molecular weight is 635 g/mol. The minimum absolute atomic E-state index is 0.652. The fourth-order valence-electron chi connectivity index (χ4n) is 6.76. The standard InChI is InChI=1S/C43H26N2O2S/c1-3-9-28(10-4-1)43-44-37-26-42-36(25-40(37)47-43)35-21-17-29(23-41(35)48-42)27-15-18-31(19-16-27)45(30-11-5-2-6-12-30)32-20-22-34-33-13-7-8-14-38(33)46-39(34)24-32/h1-26H. The molecular formula is C43H26N2O2S. The summed E-state index contributed by atoms with van der Waals surface area (Å²) in [6.45, 7) is 0. The number of fused-ring (bicyclic) bond motifs is 7. The second-order valence-electron chi connectivity index (χ2n) is 12.0. The lowest BCUT2D eigenvalue weighted by Gasteiger charge is -2.25. The second-order valence-corrected chi connectivity index (χ2v) is 13.1. The molecule has 5 heteroatoms. The molecule has 0 unspecified atom stereocenters. The Balaban J connectivity index is 1.01. The van der Waals surface area contributed by atoms with Crippen LogP contribution in [-0.4, -0.2) is 4.98 Å². The molecule has 10 aromatic rings. The van der Waals surface area contributed by atoms with Crippen LogP contribution in [0.1, 0.15) is 0 Å². The van der Waals surface area contributed by atoms with Gasteiger partial charge in [-0.15, -0.1) is 11.3 Å². The molecule has 3 heterocycles. The van der Waals surface area contributed by atoms with E-state index in [9.17, 15) is 0 Å². The number of anilines is 3. The molecule has 0 fully saturated rings. The summed E-state index contributed by atoms with van der Waals surface area (Å²) in [6, 6.07) is 55.1. The van der Waals surface area contributed by atoms with Crippen LogP contribution in [0.3, 0.4) is 0 Å². The molecule has 0 bridgehead atoms. The zero-order valence-electron chi connectivity index (χ0n) is 25.6. The van der Waals surface area contributed by atoms with Gasteiger partial charge in [0.25, 0.3) is 0 Å². The molecule has 7 aromatic carbocycles. The van der Waals surface area contributed by atoms with E-state index in [1.807, 2.05) is 48.5 Å². The Kier molecular flexibility index (Phi) is 6.01. The third-order valence-corrected chi connectivity index (χ3v) is 10.2. The van der Waals surface area contributed by atoms with E-state index in [0.29, 0.717) is 5.89 Å². The molecule has 0 aliphatic rings. The zero-order valence-corrected chi connectivity index (χ0v) is 26.4. The van der Waals surface area contributed by atoms with Gasteiger partial charge < -0.3 is 13.7 Å². The van der Waals surface area contributed by atoms with E-state index < -0.39 is 0 Å². The monoisotopic (exact) mass is 634 g/mol. The number of hydrogen-bond acceptors (Lipinski definition) is 5. The van der Waals surface area contributed by atoms with Crippen LogP contribution in [0.25, 0.3) is 75.8 Å². The molecule has 0 aliphatic carbocycles. The Morgan fingerprint density at radius 2 is 1.08 bits per heavy atom. The van der Waals surface area contributed by atoms with Gasteiger partial charge >= 0.3 is 0 Å². The number of thiophene rings is 1. The smallest absolute Gasteiger partial charge is 0.227 e. The van der Waals surface area contributed by atoms with Crippen LogP contribution in [0.4, 0.5) is 17.1 Å². The molecule has 0 saturated carbocycles. The highest BCUT2D eigenvalue weighted by Crippen LogP contribution is 2.41. The predicted octanol–water partition coefficient (Wildman–Crippen LogP) is 12.9. The first-order valence-corrected chi connectivity index (χ1v) is 16.8. The van der Waals surface area contributed by atoms with Gasteiger partial charge in [-0.25, -0.2) is 4.98 Å². The number of hydrogen-bond donors (Lipinski definition) is 0. The van der Waals surface area contributed by atoms with Crippen LogP contribution in [0.15, 0.2) is 167 Å². The summed E-state index contributed by atoms with van der Waals surface area (Å²) in [4.78, 5) is 7.07. The molecule has 10 rings (SSSR count). The second kappa shape index (κ2) is 10.7. The minimum atomic E-state index is 0.652. The first-order chi connectivity index (χ1) is 23.7. The molecular weight excluding hydrogens is 609 g/mol. The van der Waals surface area contributed by atoms with Gasteiger partial charge in [0.1, 0.15) is 16.7 Å². The van der Waals surface area contributed by atoms with Crippen molar-refractivity contribution < 1.29 is 8.83 Å². The molecule has 0 spiro atoms. The van der Waals surface area contributed by atoms with Crippen LogP contribution in [0, 0.1) is 0 Å². The summed E-state index contributed by atoms with van der Waals surface area (Å²) in [5.41, 5.74) is 10.0. The minimum Gasteiger partial charge on any atom is -0.456 e. The average Bonchev–Trinajstić information content (AvgIpc) is 3.84. The SMILES string of the molecule is c1ccc(-c2nc3cc4sc5cc(-c6ccc(N(c7ccccc7)c7ccc8c(c7)oc7ccccc78)cc6)ccc5c4cc3o2)cc1. The first-order valence-electron chi connectivity index (χ1n) is 15.9. The van der Waals surface area contributed by atoms with Gasteiger partial charge in [0.05, 0.1) is 0 Å². The fourth-order valence-corrected chi connectivity index (χ4v) is 7.92. The highest BCUT2D eigenvalue weighted by molar-refractivity contribution is 7.25. The van der Waals surface area contributed by atoms with Gasteiger partial charge in [-0.2, -0.15) is 0 Å². The fraction of sp³-hybridized carbons (Fsp3) is 0. The Labute approximate surface area is 279 Å². The van der Waals surface area contributed by atoms with Gasteiger partial charge in [-0.05, 0) is 83.9 Å². The van der Waals surface area contributed by atoms with Gasteiger partial charge in [0.2, 0.25) is 5.89 Å². The Hall–Kier alpha value is -6.17. The van der Waals surface area contributed by atoms with Gasteiger partial charge in [0.15, 0.2) is 5.58 Å². The molecule has 0 aliphatic heterocycles. The van der Waals surface area contributed by atoms with E-state index in [0.717, 1.165) is 55.7 Å². The maximum atomic E-state index is 6.26. The number of furan rings is 1. The van der Waals surface area contributed by atoms with Crippen molar-refractivity contribution in [1.82, 2.24) is 4.98 Å². The summed E-state index contributed by atoms with van der Waals surface area (Å²) in [6.07, 6.45) is 0. The number of nitrogens with zero attached hydrogens (tertiary/aromatic N) is 2. The number of aromatic nitrogens is 1. The van der Waals surface area contributed by atoms with Crippen molar-refractivity contribution in [3.05, 3.63) is 158 Å². The van der Waals surface area contributed by atoms with E-state index >= 15 is 0 Å². The van der Waals surface area contributed by atoms with Crippen LogP contribution in [0.5, 0.6) is 0 Å². The molecule has 0 amide bonds. The van der Waals surface area contributed by atoms with Crippen LogP contribution in [-0.2, 0) is 0 Å². The third kappa shape index (κ3) is 4.40. The lowest BCUT2D eigenvalue weighted by atomic mass is 10.0. The van der Waals surface area contributed by atoms with Gasteiger partial charge in [-0.3, -0.25) is 0 Å². The normalized spacial score (nSPS) is 11.8. The van der Waals surface area contributed by atoms with Gasteiger partial charge in [-0.1, -0.05) is 78.9 Å². The van der Waals surface area contributed by atoms with Crippen molar-refractivity contribution in [2.45, 2.75) is 0 Å². The Morgan fingerprint density at radius 1 is 0.417 bits per heavy atom. The molecule has 4 nitrogen and oxygen atoms in total. The molecule has 0 radical (unpaired) electrons. The van der Waals surface area contributed by atoms with Crippen LogP contribution < -0.4 is 4.90 Å². The van der Waals surface area contributed by atoms with Crippen molar-refractivity contribution in [1.29, 1.82) is 0 Å². The topological polar surface area (TPSA) is 42.4 Å². The summed E-state index contributed by atoms with van der Waals surface area (Å²) in [7, 11) is 0. The Morgan fingerprint density at radius 3 is 1.94 bits per heavy atom. The summed E-state index contributed by atoms with van der Waals surface area (Å²) in [5, 5.41) is 4.68. The van der Waals surface area contributed by atoms with E-state index in [4.69, 9.17) is 13.8 Å². The van der Waals surface area contributed by atoms with Crippen molar-refractivity contribution in [3.8, 4) is 22.6 Å². The first kappa shape index (κ1) is 27.0. The lowest BCUT2D eigenvalue weighted by molar-refractivity contribution is 0.620. The quantitative estimate of drug-likeness (QED) is 0.189. The third-order valence-electron chi connectivity index (χ3n) is 9.10. The zero-order chi connectivity index (χ0) is 31.6. The maximum Gasteiger partial charge on any atom is 0.227 e. The van der Waals surface area contributed by atoms with Crippen molar-refractivity contribution in [2.75, 3.05) is 4.90 Å². The number of para-hydroxylation sites is 2. The molecule has 0 N–H and O–H groups in total. The largest absolute Gasteiger partial charge is 0.456 e. The number of rotatable bonds is 5. The lowest BCUT2D eigenvalue weighted by Crippen LogP contribution is -2.09. The molecule has 0 atom stereocenters. The van der Waals surface area contributed by atoms with Crippen molar-refractivity contribution >= 4 is 81.6 Å². The number of benzene rings is 7. The summed E-state index contributed by atoms with van der Waals surface area (Å²) in [5.74, 6) is 0.652. The summed E-state index contributed by atoms with van der Waals surface area (Å²) < 4.78 is 14.9. The molecule has 226 valence electrons. The van der Waals surface area contributed by atoms with E-state index in [2.05, 4.69) is 114 Å². The highest BCUT2D eigenvalue weighted by atomic mass is 32.1. The Bertz CT molecular complexity index is 2780. The van der Waals surface area contributed by atoms with Crippen LogP contribution >= 0.6 is 11.3 Å². The van der Waals surface area contributed by atoms with Crippen molar-refractivity contribution in [2.24, 2.45) is 0 Å². The maximum absolute atomic E-state index is 6.26. The molecule has 0 saturated heterocycles. The molecule has 48 heavy (non-hydrogen) atoms. The van der Waals surface area contributed by atoms with E-state index in [1.54, 1.807) is 11.3 Å². The van der Waals surface area contributed by atoms with E-state index in [-0.39, 0.29) is 0 Å².